The maximum absolute atomic E-state index is 12.3. The molecule has 0 unspecified atom stereocenters. The van der Waals surface area contributed by atoms with Crippen molar-refractivity contribution in [3.63, 3.8) is 0 Å². The summed E-state index contributed by atoms with van der Waals surface area (Å²) in [5.74, 6) is 0.864. The van der Waals surface area contributed by atoms with Gasteiger partial charge in [0, 0.05) is 32.6 Å². The molecule has 2 aliphatic rings. The van der Waals surface area contributed by atoms with E-state index in [2.05, 4.69) is 15.3 Å². The fourth-order valence-electron chi connectivity index (χ4n) is 2.48. The Morgan fingerprint density at radius 2 is 2.18 bits per heavy atom. The number of piperazine rings is 1. The lowest BCUT2D eigenvalue weighted by molar-refractivity contribution is 0.00790. The number of fused-ring (bicyclic) bond motifs is 1. The van der Waals surface area contributed by atoms with Gasteiger partial charge in [0.05, 0.1) is 18.4 Å². The van der Waals surface area contributed by atoms with Gasteiger partial charge >= 0.3 is 6.03 Å². The minimum absolute atomic E-state index is 0.0521. The fourth-order valence-corrected chi connectivity index (χ4v) is 2.48. The average molecular weight is 235 g/mol. The Morgan fingerprint density at radius 1 is 1.41 bits per heavy atom. The van der Waals surface area contributed by atoms with Gasteiger partial charge in [0.25, 0.3) is 0 Å². The highest BCUT2D eigenvalue weighted by Crippen LogP contribution is 2.20. The van der Waals surface area contributed by atoms with Crippen molar-refractivity contribution < 1.29 is 4.79 Å². The molecule has 1 amide bonds. The van der Waals surface area contributed by atoms with E-state index < -0.39 is 0 Å². The largest absolute Gasteiger partial charge is 0.344 e. The van der Waals surface area contributed by atoms with Crippen LogP contribution in [0.5, 0.6) is 0 Å². The predicted molar refractivity (Wildman–Crippen MR) is 62.4 cm³/mol. The smallest absolute Gasteiger partial charge is 0.314 e. The van der Waals surface area contributed by atoms with E-state index in [0.29, 0.717) is 6.54 Å². The molecule has 0 aliphatic carbocycles. The molecule has 1 aromatic rings. The molecule has 2 aliphatic heterocycles. The number of aromatic nitrogens is 2. The lowest BCUT2D eigenvalue weighted by Gasteiger charge is -2.34. The number of aryl methyl sites for hydroxylation is 1. The van der Waals surface area contributed by atoms with Gasteiger partial charge in [-0.25, -0.2) is 19.4 Å². The Hall–Kier alpha value is -1.40. The molecule has 0 spiro atoms. The molecule has 1 fully saturated rings. The Kier molecular flexibility index (Phi) is 2.60. The molecule has 1 aromatic heterocycles. The van der Waals surface area contributed by atoms with Crippen molar-refractivity contribution in [1.82, 2.24) is 24.9 Å². The van der Waals surface area contributed by atoms with Crippen molar-refractivity contribution in [3.05, 3.63) is 17.7 Å². The van der Waals surface area contributed by atoms with Gasteiger partial charge in [-0.3, -0.25) is 5.01 Å². The Balaban J connectivity index is 1.83. The number of hydrogen-bond acceptors (Lipinski definition) is 4. The van der Waals surface area contributed by atoms with E-state index in [-0.39, 0.29) is 6.03 Å². The first-order chi connectivity index (χ1) is 8.31. The summed E-state index contributed by atoms with van der Waals surface area (Å²) < 4.78 is 1.75. The summed E-state index contributed by atoms with van der Waals surface area (Å²) in [6.45, 7) is 6.36. The molecule has 6 heteroatoms. The first kappa shape index (κ1) is 10.7. The summed E-state index contributed by atoms with van der Waals surface area (Å²) in [5.41, 5.74) is 1.00. The standard InChI is InChI=1S/C11H17N5O/c1-2-10-13-7-9-8-15(11(17)16(9)10)14-5-3-12-4-6-14/h7,12H,2-6,8H2,1H3. The quantitative estimate of drug-likeness (QED) is 0.787. The van der Waals surface area contributed by atoms with Gasteiger partial charge in [-0.1, -0.05) is 6.92 Å². The Bertz CT molecular complexity index is 435. The zero-order valence-electron chi connectivity index (χ0n) is 10.0. The predicted octanol–water partition coefficient (Wildman–Crippen LogP) is 0.0494. The second-order valence-electron chi connectivity index (χ2n) is 4.40. The summed E-state index contributed by atoms with van der Waals surface area (Å²) in [4.78, 5) is 16.6. The summed E-state index contributed by atoms with van der Waals surface area (Å²) in [6.07, 6.45) is 2.61. The summed E-state index contributed by atoms with van der Waals surface area (Å²) >= 11 is 0. The van der Waals surface area contributed by atoms with Gasteiger partial charge in [0.1, 0.15) is 5.82 Å². The van der Waals surface area contributed by atoms with Crippen LogP contribution >= 0.6 is 0 Å². The third-order valence-corrected chi connectivity index (χ3v) is 3.38. The summed E-state index contributed by atoms with van der Waals surface area (Å²) in [7, 11) is 0. The first-order valence-electron chi connectivity index (χ1n) is 6.14. The van der Waals surface area contributed by atoms with Crippen molar-refractivity contribution >= 4 is 6.03 Å². The molecule has 0 radical (unpaired) electrons. The molecule has 0 aromatic carbocycles. The van der Waals surface area contributed by atoms with Gasteiger partial charge in [-0.05, 0) is 0 Å². The molecular formula is C11H17N5O. The normalized spacial score (nSPS) is 21.0. The number of carbonyl (C=O) groups is 1. The molecule has 6 nitrogen and oxygen atoms in total. The second kappa shape index (κ2) is 4.12. The molecule has 0 atom stereocenters. The van der Waals surface area contributed by atoms with Crippen LogP contribution in [0.2, 0.25) is 0 Å². The van der Waals surface area contributed by atoms with Crippen LogP contribution in [-0.2, 0) is 13.0 Å². The van der Waals surface area contributed by atoms with E-state index in [0.717, 1.165) is 44.1 Å². The van der Waals surface area contributed by atoms with Crippen LogP contribution in [0.1, 0.15) is 18.4 Å². The van der Waals surface area contributed by atoms with E-state index in [4.69, 9.17) is 0 Å². The molecule has 3 heterocycles. The van der Waals surface area contributed by atoms with E-state index in [1.54, 1.807) is 4.57 Å². The summed E-state index contributed by atoms with van der Waals surface area (Å²) in [6, 6.07) is 0.0521. The zero-order valence-corrected chi connectivity index (χ0v) is 10.0. The molecule has 0 saturated carbocycles. The molecule has 0 bridgehead atoms. The van der Waals surface area contributed by atoms with Crippen molar-refractivity contribution in [2.75, 3.05) is 26.2 Å². The molecule has 1 N–H and O–H groups in total. The van der Waals surface area contributed by atoms with E-state index in [1.165, 1.54) is 0 Å². The molecule has 17 heavy (non-hydrogen) atoms. The number of rotatable bonds is 2. The number of hydrazine groups is 1. The SMILES string of the molecule is CCc1ncc2n1C(=O)N(N1CCNCC1)C2. The monoisotopic (exact) mass is 235 g/mol. The highest BCUT2D eigenvalue weighted by Gasteiger charge is 2.33. The number of amides is 1. The molecule has 92 valence electrons. The van der Waals surface area contributed by atoms with Crippen LogP contribution in [0.15, 0.2) is 6.20 Å². The van der Waals surface area contributed by atoms with Gasteiger partial charge in [0.2, 0.25) is 0 Å². The maximum Gasteiger partial charge on any atom is 0.344 e. The number of nitrogens with zero attached hydrogens (tertiary/aromatic N) is 4. The fraction of sp³-hybridized carbons (Fsp3) is 0.636. The number of imidazole rings is 1. The van der Waals surface area contributed by atoms with Crippen molar-refractivity contribution in [3.8, 4) is 0 Å². The Labute approximate surface area is 100 Å². The number of hydrogen-bond donors (Lipinski definition) is 1. The second-order valence-corrected chi connectivity index (χ2v) is 4.40. The molecular weight excluding hydrogens is 218 g/mol. The van der Waals surface area contributed by atoms with Gasteiger partial charge in [-0.15, -0.1) is 0 Å². The highest BCUT2D eigenvalue weighted by molar-refractivity contribution is 5.80. The van der Waals surface area contributed by atoms with Gasteiger partial charge in [-0.2, -0.15) is 0 Å². The van der Waals surface area contributed by atoms with Crippen LogP contribution in [0.3, 0.4) is 0 Å². The van der Waals surface area contributed by atoms with Crippen molar-refractivity contribution in [1.29, 1.82) is 0 Å². The highest BCUT2D eigenvalue weighted by atomic mass is 16.2. The number of nitrogens with one attached hydrogen (secondary N) is 1. The van der Waals surface area contributed by atoms with Crippen LogP contribution in [-0.4, -0.2) is 51.8 Å². The zero-order chi connectivity index (χ0) is 11.8. The topological polar surface area (TPSA) is 53.4 Å². The minimum Gasteiger partial charge on any atom is -0.314 e. The van der Waals surface area contributed by atoms with Crippen molar-refractivity contribution in [2.45, 2.75) is 19.9 Å². The van der Waals surface area contributed by atoms with E-state index in [9.17, 15) is 4.79 Å². The van der Waals surface area contributed by atoms with Gasteiger partial charge in [0.15, 0.2) is 0 Å². The molecule has 1 saturated heterocycles. The first-order valence-corrected chi connectivity index (χ1v) is 6.14. The van der Waals surface area contributed by atoms with Gasteiger partial charge < -0.3 is 5.32 Å². The maximum atomic E-state index is 12.3. The van der Waals surface area contributed by atoms with Crippen LogP contribution in [0.4, 0.5) is 4.79 Å². The van der Waals surface area contributed by atoms with Crippen LogP contribution in [0.25, 0.3) is 0 Å². The van der Waals surface area contributed by atoms with Crippen molar-refractivity contribution in [2.24, 2.45) is 0 Å². The molecule has 3 rings (SSSR count). The average Bonchev–Trinajstić information content (AvgIpc) is 2.91. The van der Waals surface area contributed by atoms with E-state index in [1.807, 2.05) is 18.1 Å². The van der Waals surface area contributed by atoms with Crippen LogP contribution in [0, 0.1) is 0 Å². The Morgan fingerprint density at radius 3 is 2.88 bits per heavy atom. The minimum atomic E-state index is 0.0521. The number of carbonyl (C=O) groups excluding carboxylic acids is 1. The lowest BCUT2D eigenvalue weighted by Crippen LogP contribution is -2.52. The lowest BCUT2D eigenvalue weighted by atomic mass is 10.4. The summed E-state index contributed by atoms with van der Waals surface area (Å²) in [5, 5.41) is 7.27. The van der Waals surface area contributed by atoms with Crippen LogP contribution < -0.4 is 5.32 Å². The third kappa shape index (κ3) is 1.64. The van der Waals surface area contributed by atoms with E-state index >= 15 is 0 Å². The third-order valence-electron chi connectivity index (χ3n) is 3.38.